The summed E-state index contributed by atoms with van der Waals surface area (Å²) in [6, 6.07) is 13.5. The van der Waals surface area contributed by atoms with Crippen LogP contribution in [0.2, 0.25) is 0 Å². The Hall–Kier alpha value is -2.20. The van der Waals surface area contributed by atoms with Crippen LogP contribution in [0.3, 0.4) is 0 Å². The van der Waals surface area contributed by atoms with Crippen molar-refractivity contribution in [3.63, 3.8) is 0 Å². The molecular formula is C17H16O4. The van der Waals surface area contributed by atoms with E-state index in [0.29, 0.717) is 25.6 Å². The molecule has 2 atom stereocenters. The summed E-state index contributed by atoms with van der Waals surface area (Å²) >= 11 is 0. The van der Waals surface area contributed by atoms with E-state index in [1.807, 2.05) is 42.5 Å². The van der Waals surface area contributed by atoms with Crippen LogP contribution in [-0.2, 0) is 0 Å². The molecule has 2 aliphatic heterocycles. The van der Waals surface area contributed by atoms with Gasteiger partial charge in [0.05, 0.1) is 18.6 Å². The van der Waals surface area contributed by atoms with Gasteiger partial charge in [0.2, 0.25) is 0 Å². The fourth-order valence-corrected chi connectivity index (χ4v) is 2.93. The first-order valence-corrected chi connectivity index (χ1v) is 7.12. The Morgan fingerprint density at radius 3 is 2.62 bits per heavy atom. The smallest absolute Gasteiger partial charge is 0.161 e. The first-order valence-electron chi connectivity index (χ1n) is 7.12. The predicted molar refractivity (Wildman–Crippen MR) is 77.1 cm³/mol. The summed E-state index contributed by atoms with van der Waals surface area (Å²) in [5.74, 6) is 2.24. The van der Waals surface area contributed by atoms with Gasteiger partial charge in [0.1, 0.15) is 19.0 Å². The molecule has 0 fully saturated rings. The molecule has 0 saturated heterocycles. The number of hydrogen-bond donors (Lipinski definition) is 1. The average Bonchev–Trinajstić information content (AvgIpc) is 2.98. The third kappa shape index (κ3) is 2.12. The number of benzene rings is 2. The number of ether oxygens (including phenoxy) is 3. The molecule has 108 valence electrons. The average molecular weight is 284 g/mol. The van der Waals surface area contributed by atoms with Gasteiger partial charge >= 0.3 is 0 Å². The fraction of sp³-hybridized carbons (Fsp3) is 0.294. The molecule has 2 aromatic rings. The van der Waals surface area contributed by atoms with Crippen LogP contribution in [0.4, 0.5) is 0 Å². The standard InChI is InChI=1S/C17H16O4/c18-17(13-10-21-14-4-2-1-3-12(13)14)11-5-6-15-16(9-11)20-8-7-19-15/h1-6,9,13,17-18H,7-8,10H2. The van der Waals surface area contributed by atoms with Crippen LogP contribution in [0, 0.1) is 0 Å². The summed E-state index contributed by atoms with van der Waals surface area (Å²) in [4.78, 5) is 0. The van der Waals surface area contributed by atoms with Crippen molar-refractivity contribution in [1.29, 1.82) is 0 Å². The third-order valence-corrected chi connectivity index (χ3v) is 4.03. The predicted octanol–water partition coefficient (Wildman–Crippen LogP) is 2.67. The topological polar surface area (TPSA) is 47.9 Å². The van der Waals surface area contributed by atoms with Crippen molar-refractivity contribution in [3.05, 3.63) is 53.6 Å². The van der Waals surface area contributed by atoms with Crippen molar-refractivity contribution >= 4 is 0 Å². The molecule has 2 aliphatic rings. The lowest BCUT2D eigenvalue weighted by atomic mass is 9.90. The zero-order chi connectivity index (χ0) is 14.2. The number of hydrogen-bond acceptors (Lipinski definition) is 4. The molecular weight excluding hydrogens is 268 g/mol. The summed E-state index contributed by atoms with van der Waals surface area (Å²) in [7, 11) is 0. The maximum atomic E-state index is 10.7. The second-order valence-electron chi connectivity index (χ2n) is 5.30. The zero-order valence-corrected chi connectivity index (χ0v) is 11.5. The first-order chi connectivity index (χ1) is 10.3. The normalized spacial score (nSPS) is 20.5. The SMILES string of the molecule is OC(c1ccc2c(c1)OCCO2)C1COc2ccccc21. The molecule has 4 heteroatoms. The Labute approximate surface area is 122 Å². The number of aliphatic hydroxyl groups excluding tert-OH is 1. The van der Waals surface area contributed by atoms with Crippen molar-refractivity contribution < 1.29 is 19.3 Å². The number of para-hydroxylation sites is 1. The van der Waals surface area contributed by atoms with Crippen molar-refractivity contribution in [2.75, 3.05) is 19.8 Å². The largest absolute Gasteiger partial charge is 0.493 e. The van der Waals surface area contributed by atoms with Gasteiger partial charge in [-0.05, 0) is 23.8 Å². The Morgan fingerprint density at radius 2 is 1.71 bits per heavy atom. The monoisotopic (exact) mass is 284 g/mol. The summed E-state index contributed by atoms with van der Waals surface area (Å²) in [5, 5.41) is 10.7. The molecule has 2 unspecified atom stereocenters. The second kappa shape index (κ2) is 4.97. The summed E-state index contributed by atoms with van der Waals surface area (Å²) in [5.41, 5.74) is 1.88. The van der Waals surface area contributed by atoms with Gasteiger partial charge in [0.25, 0.3) is 0 Å². The van der Waals surface area contributed by atoms with Gasteiger partial charge in [-0.1, -0.05) is 24.3 Å². The van der Waals surface area contributed by atoms with Gasteiger partial charge in [-0.15, -0.1) is 0 Å². The van der Waals surface area contributed by atoms with Crippen LogP contribution in [0.1, 0.15) is 23.1 Å². The highest BCUT2D eigenvalue weighted by molar-refractivity contribution is 5.46. The summed E-state index contributed by atoms with van der Waals surface area (Å²) in [6.45, 7) is 1.61. The highest BCUT2D eigenvalue weighted by Gasteiger charge is 2.31. The van der Waals surface area contributed by atoms with E-state index in [0.717, 1.165) is 22.6 Å². The highest BCUT2D eigenvalue weighted by Crippen LogP contribution is 2.42. The molecule has 0 aliphatic carbocycles. The quantitative estimate of drug-likeness (QED) is 0.921. The van der Waals surface area contributed by atoms with E-state index in [-0.39, 0.29) is 5.92 Å². The molecule has 4 rings (SSSR count). The maximum Gasteiger partial charge on any atom is 0.161 e. The van der Waals surface area contributed by atoms with Gasteiger partial charge in [-0.25, -0.2) is 0 Å². The van der Waals surface area contributed by atoms with Crippen LogP contribution >= 0.6 is 0 Å². The molecule has 0 spiro atoms. The number of rotatable bonds is 2. The molecule has 0 bridgehead atoms. The first kappa shape index (κ1) is 12.5. The molecule has 0 aromatic heterocycles. The molecule has 1 N–H and O–H groups in total. The van der Waals surface area contributed by atoms with Crippen LogP contribution in [0.15, 0.2) is 42.5 Å². The van der Waals surface area contributed by atoms with E-state index in [1.54, 1.807) is 0 Å². The van der Waals surface area contributed by atoms with Gasteiger partial charge in [-0.3, -0.25) is 0 Å². The second-order valence-corrected chi connectivity index (χ2v) is 5.30. The van der Waals surface area contributed by atoms with Crippen LogP contribution in [0.5, 0.6) is 17.2 Å². The Bertz CT molecular complexity index is 668. The molecule has 4 nitrogen and oxygen atoms in total. The molecule has 0 amide bonds. The van der Waals surface area contributed by atoms with Gasteiger partial charge < -0.3 is 19.3 Å². The molecule has 0 saturated carbocycles. The van der Waals surface area contributed by atoms with Crippen molar-refractivity contribution in [2.24, 2.45) is 0 Å². The van der Waals surface area contributed by atoms with E-state index < -0.39 is 6.10 Å². The van der Waals surface area contributed by atoms with E-state index in [2.05, 4.69) is 0 Å². The lowest BCUT2D eigenvalue weighted by Gasteiger charge is -2.22. The van der Waals surface area contributed by atoms with E-state index in [4.69, 9.17) is 14.2 Å². The van der Waals surface area contributed by atoms with Crippen molar-refractivity contribution in [3.8, 4) is 17.2 Å². The summed E-state index contributed by atoms with van der Waals surface area (Å²) in [6.07, 6.45) is -0.621. The Balaban J connectivity index is 1.65. The zero-order valence-electron chi connectivity index (χ0n) is 11.5. The van der Waals surface area contributed by atoms with Gasteiger partial charge in [0.15, 0.2) is 11.5 Å². The molecule has 2 aromatic carbocycles. The number of fused-ring (bicyclic) bond motifs is 2. The highest BCUT2D eigenvalue weighted by atomic mass is 16.6. The lowest BCUT2D eigenvalue weighted by Crippen LogP contribution is -2.17. The Morgan fingerprint density at radius 1 is 0.905 bits per heavy atom. The van der Waals surface area contributed by atoms with E-state index in [9.17, 15) is 5.11 Å². The lowest BCUT2D eigenvalue weighted by molar-refractivity contribution is 0.128. The van der Waals surface area contributed by atoms with Gasteiger partial charge in [0, 0.05) is 5.56 Å². The maximum absolute atomic E-state index is 10.7. The molecule has 2 heterocycles. The molecule has 21 heavy (non-hydrogen) atoms. The van der Waals surface area contributed by atoms with Crippen molar-refractivity contribution in [1.82, 2.24) is 0 Å². The van der Waals surface area contributed by atoms with Crippen LogP contribution < -0.4 is 14.2 Å². The minimum Gasteiger partial charge on any atom is -0.493 e. The Kier molecular flexibility index (Phi) is 2.97. The molecule has 0 radical (unpaired) electrons. The van der Waals surface area contributed by atoms with Gasteiger partial charge in [-0.2, -0.15) is 0 Å². The minimum absolute atomic E-state index is 0.0521. The van der Waals surface area contributed by atoms with E-state index >= 15 is 0 Å². The van der Waals surface area contributed by atoms with Crippen LogP contribution in [0.25, 0.3) is 0 Å². The third-order valence-electron chi connectivity index (χ3n) is 4.03. The van der Waals surface area contributed by atoms with Crippen molar-refractivity contribution in [2.45, 2.75) is 12.0 Å². The van der Waals surface area contributed by atoms with Crippen LogP contribution in [-0.4, -0.2) is 24.9 Å². The minimum atomic E-state index is -0.621. The fourth-order valence-electron chi connectivity index (χ4n) is 2.93. The number of aliphatic hydroxyl groups is 1. The van der Waals surface area contributed by atoms with E-state index in [1.165, 1.54) is 0 Å². The summed E-state index contributed by atoms with van der Waals surface area (Å²) < 4.78 is 16.7.